The fourth-order valence-electron chi connectivity index (χ4n) is 3.34. The highest BCUT2D eigenvalue weighted by molar-refractivity contribution is 7.17. The number of anilines is 1. The molecule has 35 heavy (non-hydrogen) atoms. The van der Waals surface area contributed by atoms with Crippen LogP contribution in [-0.4, -0.2) is 40.0 Å². The minimum Gasteiger partial charge on any atom is -0.497 e. The van der Waals surface area contributed by atoms with E-state index in [-0.39, 0.29) is 41.3 Å². The van der Waals surface area contributed by atoms with Crippen LogP contribution in [0.3, 0.4) is 0 Å². The summed E-state index contributed by atoms with van der Waals surface area (Å²) in [5.74, 6) is -1.45. The van der Waals surface area contributed by atoms with Crippen LogP contribution in [0.1, 0.15) is 32.1 Å². The lowest BCUT2D eigenvalue weighted by Crippen LogP contribution is -2.27. The molecule has 4 aromatic rings. The SMILES string of the molecule is COc1cccc(CNC(=O)c2nc3scc(NC(=O)Cc4ccc(C(=O)O)cc4)c3c(=O)[nH]2)c1. The minimum absolute atomic E-state index is 0.00661. The van der Waals surface area contributed by atoms with Crippen molar-refractivity contribution in [1.82, 2.24) is 15.3 Å². The van der Waals surface area contributed by atoms with Gasteiger partial charge in [0.2, 0.25) is 11.7 Å². The molecular weight excluding hydrogens is 472 g/mol. The second kappa shape index (κ2) is 10.2. The van der Waals surface area contributed by atoms with E-state index < -0.39 is 17.4 Å². The fraction of sp³-hybridized carbons (Fsp3) is 0.125. The monoisotopic (exact) mass is 492 g/mol. The highest BCUT2D eigenvalue weighted by atomic mass is 32.1. The first-order valence-electron chi connectivity index (χ1n) is 10.4. The zero-order valence-electron chi connectivity index (χ0n) is 18.5. The molecule has 0 aliphatic rings. The lowest BCUT2D eigenvalue weighted by Gasteiger charge is -2.07. The Balaban J connectivity index is 1.45. The topological polar surface area (TPSA) is 150 Å². The first-order valence-corrected chi connectivity index (χ1v) is 11.3. The average molecular weight is 493 g/mol. The quantitative estimate of drug-likeness (QED) is 0.295. The highest BCUT2D eigenvalue weighted by Crippen LogP contribution is 2.26. The van der Waals surface area contributed by atoms with Gasteiger partial charge in [-0.25, -0.2) is 9.78 Å². The van der Waals surface area contributed by atoms with Gasteiger partial charge in [0.1, 0.15) is 16.0 Å². The number of carbonyl (C=O) groups is 3. The molecule has 0 saturated carbocycles. The molecule has 11 heteroatoms. The van der Waals surface area contributed by atoms with Gasteiger partial charge in [0.15, 0.2) is 0 Å². The number of carboxylic acids is 1. The fourth-order valence-corrected chi connectivity index (χ4v) is 4.21. The molecule has 10 nitrogen and oxygen atoms in total. The van der Waals surface area contributed by atoms with Crippen molar-refractivity contribution in [2.75, 3.05) is 12.4 Å². The van der Waals surface area contributed by atoms with E-state index in [1.165, 1.54) is 12.1 Å². The summed E-state index contributed by atoms with van der Waals surface area (Å²) in [5, 5.41) is 16.1. The number of carboxylic acid groups (broad SMARTS) is 1. The highest BCUT2D eigenvalue weighted by Gasteiger charge is 2.17. The van der Waals surface area contributed by atoms with Crippen molar-refractivity contribution >= 4 is 45.0 Å². The molecule has 2 aromatic carbocycles. The number of aromatic amines is 1. The molecule has 0 bridgehead atoms. The van der Waals surface area contributed by atoms with Crippen molar-refractivity contribution in [2.45, 2.75) is 13.0 Å². The zero-order chi connectivity index (χ0) is 24.9. The van der Waals surface area contributed by atoms with Crippen LogP contribution in [-0.2, 0) is 17.8 Å². The van der Waals surface area contributed by atoms with Gasteiger partial charge in [-0.15, -0.1) is 11.3 Å². The van der Waals surface area contributed by atoms with Crippen LogP contribution < -0.4 is 20.9 Å². The first kappa shape index (κ1) is 23.6. The van der Waals surface area contributed by atoms with Crippen LogP contribution in [0.2, 0.25) is 0 Å². The van der Waals surface area contributed by atoms with Gasteiger partial charge in [0.25, 0.3) is 11.5 Å². The first-order chi connectivity index (χ1) is 16.8. The molecule has 0 saturated heterocycles. The predicted molar refractivity (Wildman–Crippen MR) is 130 cm³/mol. The number of rotatable bonds is 8. The third-order valence-electron chi connectivity index (χ3n) is 5.09. The molecule has 0 aliphatic heterocycles. The summed E-state index contributed by atoms with van der Waals surface area (Å²) < 4.78 is 5.16. The number of benzene rings is 2. The Kier molecular flexibility index (Phi) is 6.88. The van der Waals surface area contributed by atoms with Gasteiger partial charge < -0.3 is 25.5 Å². The molecule has 0 aliphatic carbocycles. The summed E-state index contributed by atoms with van der Waals surface area (Å²) in [6.07, 6.45) is -0.00661. The van der Waals surface area contributed by atoms with Crippen molar-refractivity contribution in [3.05, 3.63) is 86.8 Å². The van der Waals surface area contributed by atoms with E-state index in [2.05, 4.69) is 20.6 Å². The Morgan fingerprint density at radius 2 is 1.89 bits per heavy atom. The van der Waals surface area contributed by atoms with E-state index in [9.17, 15) is 19.2 Å². The third kappa shape index (κ3) is 5.53. The van der Waals surface area contributed by atoms with Crippen molar-refractivity contribution in [3.8, 4) is 5.75 Å². The molecule has 0 fully saturated rings. The second-order valence-corrected chi connectivity index (χ2v) is 8.36. The van der Waals surface area contributed by atoms with Gasteiger partial charge >= 0.3 is 5.97 Å². The number of aromatic nitrogens is 2. The number of ether oxygens (including phenoxy) is 1. The zero-order valence-corrected chi connectivity index (χ0v) is 19.3. The Bertz CT molecular complexity index is 1480. The molecule has 4 N–H and O–H groups in total. The van der Waals surface area contributed by atoms with Crippen molar-refractivity contribution in [2.24, 2.45) is 0 Å². The molecule has 2 heterocycles. The van der Waals surface area contributed by atoms with Crippen LogP contribution >= 0.6 is 11.3 Å². The molecule has 0 unspecified atom stereocenters. The molecule has 0 spiro atoms. The number of thiophene rings is 1. The second-order valence-electron chi connectivity index (χ2n) is 7.51. The minimum atomic E-state index is -1.05. The van der Waals surface area contributed by atoms with Crippen molar-refractivity contribution in [3.63, 3.8) is 0 Å². The van der Waals surface area contributed by atoms with E-state index in [1.807, 2.05) is 6.07 Å². The predicted octanol–water partition coefficient (Wildman–Crippen LogP) is 2.80. The van der Waals surface area contributed by atoms with Crippen LogP contribution in [0.5, 0.6) is 5.75 Å². The van der Waals surface area contributed by atoms with Gasteiger partial charge in [-0.1, -0.05) is 24.3 Å². The number of hydrogen-bond acceptors (Lipinski definition) is 7. The Morgan fingerprint density at radius 3 is 2.60 bits per heavy atom. The normalized spacial score (nSPS) is 10.7. The Morgan fingerprint density at radius 1 is 1.11 bits per heavy atom. The van der Waals surface area contributed by atoms with Gasteiger partial charge in [0.05, 0.1) is 24.8 Å². The molecule has 0 radical (unpaired) electrons. The summed E-state index contributed by atoms with van der Waals surface area (Å²) in [4.78, 5) is 55.7. The molecule has 4 rings (SSSR count). The Labute approximate surface area is 202 Å². The van der Waals surface area contributed by atoms with Crippen LogP contribution in [0, 0.1) is 0 Å². The largest absolute Gasteiger partial charge is 0.497 e. The maximum atomic E-state index is 12.7. The molecular formula is C24H20N4O6S. The molecule has 2 amide bonds. The molecule has 178 valence electrons. The number of H-pyrrole nitrogens is 1. The maximum Gasteiger partial charge on any atom is 0.335 e. The number of methoxy groups -OCH3 is 1. The number of nitrogens with one attached hydrogen (secondary N) is 3. The van der Waals surface area contributed by atoms with E-state index in [0.717, 1.165) is 16.9 Å². The summed E-state index contributed by atoms with van der Waals surface area (Å²) in [5.41, 5.74) is 1.30. The third-order valence-corrected chi connectivity index (χ3v) is 5.96. The van der Waals surface area contributed by atoms with Crippen LogP contribution in [0.25, 0.3) is 10.2 Å². The lowest BCUT2D eigenvalue weighted by molar-refractivity contribution is -0.115. The van der Waals surface area contributed by atoms with Crippen molar-refractivity contribution in [1.29, 1.82) is 0 Å². The number of fused-ring (bicyclic) bond motifs is 1. The summed E-state index contributed by atoms with van der Waals surface area (Å²) >= 11 is 1.12. The van der Waals surface area contributed by atoms with E-state index >= 15 is 0 Å². The number of amides is 2. The smallest absolute Gasteiger partial charge is 0.335 e. The maximum absolute atomic E-state index is 12.7. The number of carbonyl (C=O) groups excluding carboxylic acids is 2. The van der Waals surface area contributed by atoms with E-state index in [4.69, 9.17) is 9.84 Å². The standard InChI is InChI=1S/C24H20N4O6S/c1-34-16-4-2-3-14(9-16)11-25-22(31)20-27-21(30)19-17(12-35-23(19)28-20)26-18(29)10-13-5-7-15(8-6-13)24(32)33/h2-9,12H,10-11H2,1H3,(H,25,31)(H,26,29)(H,32,33)(H,27,28,30). The van der Waals surface area contributed by atoms with Crippen molar-refractivity contribution < 1.29 is 24.2 Å². The number of nitrogens with zero attached hydrogens (tertiary/aromatic N) is 1. The van der Waals surface area contributed by atoms with Crippen LogP contribution in [0.4, 0.5) is 5.69 Å². The van der Waals surface area contributed by atoms with E-state index in [1.54, 1.807) is 42.8 Å². The summed E-state index contributed by atoms with van der Waals surface area (Å²) in [6.45, 7) is 0.219. The summed E-state index contributed by atoms with van der Waals surface area (Å²) in [7, 11) is 1.55. The van der Waals surface area contributed by atoms with Crippen LogP contribution in [0.15, 0.2) is 58.7 Å². The average Bonchev–Trinajstić information content (AvgIpc) is 3.25. The van der Waals surface area contributed by atoms with Gasteiger partial charge in [-0.3, -0.25) is 14.4 Å². The van der Waals surface area contributed by atoms with Gasteiger partial charge in [-0.2, -0.15) is 0 Å². The van der Waals surface area contributed by atoms with E-state index in [0.29, 0.717) is 16.1 Å². The number of hydrogen-bond donors (Lipinski definition) is 4. The molecule has 2 aromatic heterocycles. The Hall–Kier alpha value is -4.51. The van der Waals surface area contributed by atoms with Gasteiger partial charge in [0, 0.05) is 11.9 Å². The van der Waals surface area contributed by atoms with Gasteiger partial charge in [-0.05, 0) is 35.4 Å². The lowest BCUT2D eigenvalue weighted by atomic mass is 10.1. The summed E-state index contributed by atoms with van der Waals surface area (Å²) in [6, 6.07) is 13.2. The molecule has 0 atom stereocenters. The number of aromatic carboxylic acids is 1.